The van der Waals surface area contributed by atoms with E-state index in [1.165, 1.54) is 35.2 Å². The van der Waals surface area contributed by atoms with Crippen LogP contribution in [0, 0.1) is 24.0 Å². The second-order valence-electron chi connectivity index (χ2n) is 5.14. The van der Waals surface area contributed by atoms with Crippen LogP contribution >= 0.6 is 34.7 Å². The van der Waals surface area contributed by atoms with Gasteiger partial charge in [0.05, 0.1) is 21.1 Å². The Labute approximate surface area is 150 Å². The van der Waals surface area contributed by atoms with E-state index in [9.17, 15) is 14.9 Å². The number of non-ortho nitro benzene ring substituents is 1. The van der Waals surface area contributed by atoms with Gasteiger partial charge in [-0.3, -0.25) is 14.9 Å². The van der Waals surface area contributed by atoms with Crippen LogP contribution in [0.15, 0.2) is 27.9 Å². The number of nitrogens with zero attached hydrogens (tertiary/aromatic N) is 2. The van der Waals surface area contributed by atoms with E-state index in [1.807, 2.05) is 13.8 Å². The third-order valence-corrected chi connectivity index (χ3v) is 6.19. The second-order valence-corrected chi connectivity index (χ2v) is 7.76. The zero-order chi connectivity index (χ0) is 17.4. The number of nitro groups is 1. The highest BCUT2D eigenvalue weighted by Crippen LogP contribution is 2.32. The van der Waals surface area contributed by atoms with Crippen LogP contribution in [-0.2, 0) is 5.75 Å². The minimum atomic E-state index is -0.491. The SMILES string of the molecule is Cc1sc2nc(CSc3ccc([N+](=O)[O-])cc3Cl)[nH]c(=O)c2c1C. The molecule has 0 bridgehead atoms. The topological polar surface area (TPSA) is 88.9 Å². The van der Waals surface area contributed by atoms with Crippen molar-refractivity contribution in [3.05, 3.63) is 60.0 Å². The summed E-state index contributed by atoms with van der Waals surface area (Å²) in [6, 6.07) is 4.32. The van der Waals surface area contributed by atoms with Crippen molar-refractivity contribution in [3.63, 3.8) is 0 Å². The van der Waals surface area contributed by atoms with Gasteiger partial charge in [-0.15, -0.1) is 23.1 Å². The van der Waals surface area contributed by atoms with Crippen LogP contribution in [0.1, 0.15) is 16.3 Å². The molecule has 3 aromatic rings. The highest BCUT2D eigenvalue weighted by molar-refractivity contribution is 7.98. The van der Waals surface area contributed by atoms with E-state index in [2.05, 4.69) is 9.97 Å². The van der Waals surface area contributed by atoms with Gasteiger partial charge in [0, 0.05) is 21.9 Å². The predicted octanol–water partition coefficient (Wildman–Crippen LogP) is 4.46. The first-order chi connectivity index (χ1) is 11.4. The Morgan fingerprint density at radius 1 is 1.42 bits per heavy atom. The van der Waals surface area contributed by atoms with Crippen LogP contribution < -0.4 is 5.56 Å². The van der Waals surface area contributed by atoms with Crippen molar-refractivity contribution in [1.82, 2.24) is 9.97 Å². The molecule has 0 atom stereocenters. The maximum atomic E-state index is 12.2. The average molecular weight is 382 g/mol. The molecule has 0 unspecified atom stereocenters. The minimum Gasteiger partial charge on any atom is -0.309 e. The summed E-state index contributed by atoms with van der Waals surface area (Å²) in [5.41, 5.74) is 0.760. The lowest BCUT2D eigenvalue weighted by Crippen LogP contribution is -2.10. The number of aromatic nitrogens is 2. The van der Waals surface area contributed by atoms with Crippen molar-refractivity contribution in [2.45, 2.75) is 24.5 Å². The van der Waals surface area contributed by atoms with Crippen molar-refractivity contribution >= 4 is 50.6 Å². The fourth-order valence-corrected chi connectivity index (χ4v) is 4.41. The summed E-state index contributed by atoms with van der Waals surface area (Å²) >= 11 is 8.94. The number of rotatable bonds is 4. The molecule has 2 heterocycles. The Morgan fingerprint density at radius 3 is 2.83 bits per heavy atom. The number of nitro benzene ring substituents is 1. The molecule has 124 valence electrons. The zero-order valence-corrected chi connectivity index (χ0v) is 15.1. The van der Waals surface area contributed by atoms with Gasteiger partial charge in [-0.2, -0.15) is 0 Å². The molecule has 0 fully saturated rings. The zero-order valence-electron chi connectivity index (χ0n) is 12.8. The Bertz CT molecular complexity index is 1010. The van der Waals surface area contributed by atoms with Crippen molar-refractivity contribution < 1.29 is 4.92 Å². The number of aromatic amines is 1. The first kappa shape index (κ1) is 16.9. The summed E-state index contributed by atoms with van der Waals surface area (Å²) in [6.07, 6.45) is 0. The largest absolute Gasteiger partial charge is 0.309 e. The number of aryl methyl sites for hydroxylation is 2. The summed E-state index contributed by atoms with van der Waals surface area (Å²) in [5, 5.41) is 11.7. The van der Waals surface area contributed by atoms with E-state index in [0.29, 0.717) is 26.9 Å². The minimum absolute atomic E-state index is 0.0539. The molecule has 3 rings (SSSR count). The molecule has 1 aromatic carbocycles. The molecule has 0 spiro atoms. The van der Waals surface area contributed by atoms with E-state index in [1.54, 1.807) is 6.07 Å². The third kappa shape index (κ3) is 3.17. The molecule has 0 amide bonds. The molecular weight excluding hydrogens is 370 g/mol. The van der Waals surface area contributed by atoms with Crippen LogP contribution in [0.4, 0.5) is 5.69 Å². The van der Waals surface area contributed by atoms with Crippen molar-refractivity contribution in [3.8, 4) is 0 Å². The Kier molecular flexibility index (Phi) is 4.62. The molecule has 1 N–H and O–H groups in total. The summed E-state index contributed by atoms with van der Waals surface area (Å²) in [7, 11) is 0. The predicted molar refractivity (Wildman–Crippen MR) is 97.4 cm³/mol. The van der Waals surface area contributed by atoms with E-state index in [4.69, 9.17) is 11.6 Å². The normalized spacial score (nSPS) is 11.1. The standard InChI is InChI=1S/C15H12ClN3O3S2/c1-7-8(2)24-15-13(7)14(20)17-12(18-15)6-23-11-4-3-9(19(21)22)5-10(11)16/h3-5H,6H2,1-2H3,(H,17,18,20). The van der Waals surface area contributed by atoms with Crippen LogP contribution in [0.5, 0.6) is 0 Å². The lowest BCUT2D eigenvalue weighted by atomic mass is 10.2. The highest BCUT2D eigenvalue weighted by Gasteiger charge is 2.13. The van der Waals surface area contributed by atoms with Crippen LogP contribution in [0.25, 0.3) is 10.2 Å². The fourth-order valence-electron chi connectivity index (χ4n) is 2.23. The number of fused-ring (bicyclic) bond motifs is 1. The summed E-state index contributed by atoms with van der Waals surface area (Å²) in [5.74, 6) is 0.965. The van der Waals surface area contributed by atoms with E-state index < -0.39 is 4.92 Å². The monoisotopic (exact) mass is 381 g/mol. The molecule has 2 aromatic heterocycles. The van der Waals surface area contributed by atoms with E-state index >= 15 is 0 Å². The van der Waals surface area contributed by atoms with Crippen LogP contribution in [0.2, 0.25) is 5.02 Å². The Hall–Kier alpha value is -1.90. The van der Waals surface area contributed by atoms with E-state index in [0.717, 1.165) is 15.3 Å². The molecular formula is C15H12ClN3O3S2. The van der Waals surface area contributed by atoms with Crippen molar-refractivity contribution in [2.75, 3.05) is 0 Å². The molecule has 6 nitrogen and oxygen atoms in total. The maximum absolute atomic E-state index is 12.2. The van der Waals surface area contributed by atoms with Gasteiger partial charge in [-0.25, -0.2) is 4.98 Å². The smallest absolute Gasteiger partial charge is 0.270 e. The molecule has 9 heteroatoms. The molecule has 0 aliphatic heterocycles. The van der Waals surface area contributed by atoms with Crippen molar-refractivity contribution in [1.29, 1.82) is 0 Å². The van der Waals surface area contributed by atoms with Gasteiger partial charge < -0.3 is 4.98 Å². The van der Waals surface area contributed by atoms with Gasteiger partial charge in [0.1, 0.15) is 10.7 Å². The summed E-state index contributed by atoms with van der Waals surface area (Å²) in [6.45, 7) is 3.88. The third-order valence-electron chi connectivity index (χ3n) is 3.58. The molecule has 0 saturated carbocycles. The molecule has 0 aliphatic carbocycles. The van der Waals surface area contributed by atoms with Crippen molar-refractivity contribution in [2.24, 2.45) is 0 Å². The van der Waals surface area contributed by atoms with Gasteiger partial charge in [0.25, 0.3) is 11.2 Å². The summed E-state index contributed by atoms with van der Waals surface area (Å²) < 4.78 is 0. The first-order valence-corrected chi connectivity index (χ1v) is 9.10. The molecule has 0 saturated heterocycles. The van der Waals surface area contributed by atoms with E-state index in [-0.39, 0.29) is 11.2 Å². The highest BCUT2D eigenvalue weighted by atomic mass is 35.5. The summed E-state index contributed by atoms with van der Waals surface area (Å²) in [4.78, 5) is 32.3. The molecule has 0 aliphatic rings. The van der Waals surface area contributed by atoms with Gasteiger partial charge in [0.15, 0.2) is 0 Å². The number of nitrogens with one attached hydrogen (secondary N) is 1. The maximum Gasteiger partial charge on any atom is 0.270 e. The quantitative estimate of drug-likeness (QED) is 0.409. The van der Waals surface area contributed by atoms with Gasteiger partial charge >= 0.3 is 0 Å². The Morgan fingerprint density at radius 2 is 2.17 bits per heavy atom. The number of benzene rings is 1. The number of hydrogen-bond donors (Lipinski definition) is 1. The second kappa shape index (κ2) is 6.54. The first-order valence-electron chi connectivity index (χ1n) is 6.92. The lowest BCUT2D eigenvalue weighted by Gasteiger charge is -2.04. The van der Waals surface area contributed by atoms with Crippen LogP contribution in [0.3, 0.4) is 0 Å². The van der Waals surface area contributed by atoms with Gasteiger partial charge in [-0.1, -0.05) is 11.6 Å². The van der Waals surface area contributed by atoms with Gasteiger partial charge in [0.2, 0.25) is 0 Å². The number of thiophene rings is 1. The number of halogens is 1. The Balaban J connectivity index is 1.86. The molecule has 0 radical (unpaired) electrons. The number of hydrogen-bond acceptors (Lipinski definition) is 6. The number of H-pyrrole nitrogens is 1. The van der Waals surface area contributed by atoms with Crippen LogP contribution in [-0.4, -0.2) is 14.9 Å². The number of thioether (sulfide) groups is 1. The fraction of sp³-hybridized carbons (Fsp3) is 0.200. The molecule has 24 heavy (non-hydrogen) atoms. The van der Waals surface area contributed by atoms with Gasteiger partial charge in [-0.05, 0) is 25.5 Å². The lowest BCUT2D eigenvalue weighted by molar-refractivity contribution is -0.384. The average Bonchev–Trinajstić information content (AvgIpc) is 2.81.